The number of Topliss-reactive ketones (excluding diaryl/α,β-unsaturated/α-hetero) is 1. The molecule has 1 aliphatic rings. The molecule has 0 atom stereocenters. The predicted octanol–water partition coefficient (Wildman–Crippen LogP) is 1.72. The second kappa shape index (κ2) is 4.66. The first-order valence-electron chi connectivity index (χ1n) is 4.98. The maximum Gasteiger partial charge on any atom is 0.182 e. The van der Waals surface area contributed by atoms with Crippen molar-refractivity contribution in [1.29, 1.82) is 0 Å². The molecule has 2 rings (SSSR count). The van der Waals surface area contributed by atoms with E-state index < -0.39 is 0 Å². The molecule has 1 N–H and O–H groups in total. The van der Waals surface area contributed by atoms with Gasteiger partial charge in [-0.25, -0.2) is 4.98 Å². The summed E-state index contributed by atoms with van der Waals surface area (Å²) >= 11 is 1.49. The average molecular weight is 210 g/mol. The van der Waals surface area contributed by atoms with Gasteiger partial charge < -0.3 is 5.32 Å². The molecule has 2 heterocycles. The van der Waals surface area contributed by atoms with Crippen LogP contribution < -0.4 is 5.32 Å². The molecule has 1 aromatic rings. The van der Waals surface area contributed by atoms with E-state index in [0.717, 1.165) is 25.9 Å². The van der Waals surface area contributed by atoms with Crippen molar-refractivity contribution >= 4 is 17.1 Å². The highest BCUT2D eigenvalue weighted by Gasteiger charge is 2.18. The van der Waals surface area contributed by atoms with E-state index >= 15 is 0 Å². The molecule has 76 valence electrons. The fourth-order valence-electron chi connectivity index (χ4n) is 1.80. The van der Waals surface area contributed by atoms with Crippen LogP contribution in [0.2, 0.25) is 0 Å². The molecule has 0 radical (unpaired) electrons. The van der Waals surface area contributed by atoms with Gasteiger partial charge in [-0.1, -0.05) is 0 Å². The summed E-state index contributed by atoms with van der Waals surface area (Å²) in [5.41, 5.74) is 2.36. The molecule has 0 spiro atoms. The van der Waals surface area contributed by atoms with Crippen molar-refractivity contribution in [2.75, 3.05) is 13.1 Å². The molecule has 1 aromatic heterocycles. The summed E-state index contributed by atoms with van der Waals surface area (Å²) in [6, 6.07) is 0. The van der Waals surface area contributed by atoms with Crippen LogP contribution in [0, 0.1) is 5.92 Å². The maximum atomic E-state index is 11.7. The van der Waals surface area contributed by atoms with Crippen molar-refractivity contribution in [2.24, 2.45) is 5.92 Å². The quantitative estimate of drug-likeness (QED) is 0.772. The van der Waals surface area contributed by atoms with Crippen molar-refractivity contribution in [2.45, 2.75) is 19.3 Å². The molecule has 0 aliphatic carbocycles. The van der Waals surface area contributed by atoms with E-state index in [9.17, 15) is 4.79 Å². The maximum absolute atomic E-state index is 11.7. The predicted molar refractivity (Wildman–Crippen MR) is 56.7 cm³/mol. The molecule has 1 aliphatic heterocycles. The van der Waals surface area contributed by atoms with Crippen LogP contribution in [0.1, 0.15) is 29.8 Å². The van der Waals surface area contributed by atoms with E-state index in [1.165, 1.54) is 11.3 Å². The Hall–Kier alpha value is -0.740. The zero-order valence-electron chi connectivity index (χ0n) is 8.03. The van der Waals surface area contributed by atoms with Crippen LogP contribution in [0.25, 0.3) is 0 Å². The normalized spacial score (nSPS) is 18.3. The Labute approximate surface area is 87.6 Å². The lowest BCUT2D eigenvalue weighted by Crippen LogP contribution is -2.28. The van der Waals surface area contributed by atoms with Gasteiger partial charge in [0.05, 0.1) is 5.51 Å². The molecular formula is C10H14N2OS. The molecule has 0 unspecified atom stereocenters. The van der Waals surface area contributed by atoms with E-state index in [1.54, 1.807) is 5.51 Å². The summed E-state index contributed by atoms with van der Waals surface area (Å²) in [4.78, 5) is 15.7. The van der Waals surface area contributed by atoms with Crippen LogP contribution in [0.4, 0.5) is 0 Å². The third-order valence-corrected chi connectivity index (χ3v) is 3.24. The van der Waals surface area contributed by atoms with Crippen LogP contribution >= 0.6 is 11.3 Å². The molecular weight excluding hydrogens is 196 g/mol. The van der Waals surface area contributed by atoms with Crippen molar-refractivity contribution in [3.05, 3.63) is 16.6 Å². The molecule has 0 saturated carbocycles. The molecule has 1 saturated heterocycles. The Morgan fingerprint density at radius 2 is 2.36 bits per heavy atom. The highest BCUT2D eigenvalue weighted by atomic mass is 32.1. The fraction of sp³-hybridized carbons (Fsp3) is 0.600. The average Bonchev–Trinajstić information content (AvgIpc) is 2.72. The number of piperidine rings is 1. The van der Waals surface area contributed by atoms with E-state index in [4.69, 9.17) is 0 Å². The summed E-state index contributed by atoms with van der Waals surface area (Å²) in [5, 5.41) is 5.13. The van der Waals surface area contributed by atoms with Gasteiger partial charge >= 0.3 is 0 Å². The Morgan fingerprint density at radius 1 is 1.57 bits per heavy atom. The second-order valence-electron chi connectivity index (χ2n) is 3.69. The minimum absolute atomic E-state index is 0.207. The molecule has 0 amide bonds. The highest BCUT2D eigenvalue weighted by Crippen LogP contribution is 2.18. The number of rotatable bonds is 3. The first-order valence-corrected chi connectivity index (χ1v) is 5.92. The fourth-order valence-corrected chi connectivity index (χ4v) is 2.36. The van der Waals surface area contributed by atoms with Gasteiger partial charge in [-0.05, 0) is 31.8 Å². The van der Waals surface area contributed by atoms with Gasteiger partial charge in [0.2, 0.25) is 0 Å². The number of hydrogen-bond acceptors (Lipinski definition) is 4. The minimum Gasteiger partial charge on any atom is -0.317 e. The number of thiazole rings is 1. The third-order valence-electron chi connectivity index (χ3n) is 2.65. The van der Waals surface area contributed by atoms with Gasteiger partial charge in [0, 0.05) is 11.8 Å². The van der Waals surface area contributed by atoms with Crippen LogP contribution in [0.15, 0.2) is 10.9 Å². The Morgan fingerprint density at radius 3 is 3.00 bits per heavy atom. The van der Waals surface area contributed by atoms with Crippen molar-refractivity contribution in [3.8, 4) is 0 Å². The molecule has 14 heavy (non-hydrogen) atoms. The van der Waals surface area contributed by atoms with Crippen LogP contribution in [-0.2, 0) is 0 Å². The largest absolute Gasteiger partial charge is 0.317 e. The Bertz CT molecular complexity index is 291. The van der Waals surface area contributed by atoms with Crippen LogP contribution in [-0.4, -0.2) is 23.9 Å². The molecule has 1 fully saturated rings. The topological polar surface area (TPSA) is 42.0 Å². The van der Waals surface area contributed by atoms with Gasteiger partial charge in [-0.2, -0.15) is 0 Å². The molecule has 3 nitrogen and oxygen atoms in total. The van der Waals surface area contributed by atoms with E-state index in [-0.39, 0.29) is 5.78 Å². The van der Waals surface area contributed by atoms with Gasteiger partial charge in [0.15, 0.2) is 5.78 Å². The Balaban J connectivity index is 1.87. The summed E-state index contributed by atoms with van der Waals surface area (Å²) in [5.74, 6) is 0.767. The number of carbonyl (C=O) groups is 1. The van der Waals surface area contributed by atoms with E-state index in [1.807, 2.05) is 5.38 Å². The lowest BCUT2D eigenvalue weighted by Gasteiger charge is -2.21. The second-order valence-corrected chi connectivity index (χ2v) is 4.41. The highest BCUT2D eigenvalue weighted by molar-refractivity contribution is 7.07. The third kappa shape index (κ3) is 2.39. The summed E-state index contributed by atoms with van der Waals surface area (Å²) in [6.45, 7) is 2.10. The van der Waals surface area contributed by atoms with Crippen LogP contribution in [0.3, 0.4) is 0 Å². The van der Waals surface area contributed by atoms with E-state index in [2.05, 4.69) is 10.3 Å². The number of aromatic nitrogens is 1. The standard InChI is InChI=1S/C10H14N2OS/c13-10(9-6-14-7-12-9)5-8-1-3-11-4-2-8/h6-8,11H,1-5H2. The molecule has 0 bridgehead atoms. The lowest BCUT2D eigenvalue weighted by atomic mass is 9.92. The van der Waals surface area contributed by atoms with E-state index in [0.29, 0.717) is 18.0 Å². The number of nitrogens with zero attached hydrogens (tertiary/aromatic N) is 1. The van der Waals surface area contributed by atoms with Gasteiger partial charge in [0.25, 0.3) is 0 Å². The van der Waals surface area contributed by atoms with Crippen molar-refractivity contribution in [1.82, 2.24) is 10.3 Å². The number of ketones is 1. The van der Waals surface area contributed by atoms with Gasteiger partial charge in [-0.15, -0.1) is 11.3 Å². The van der Waals surface area contributed by atoms with Gasteiger partial charge in [0.1, 0.15) is 5.69 Å². The minimum atomic E-state index is 0.207. The lowest BCUT2D eigenvalue weighted by molar-refractivity contribution is 0.0948. The molecule has 4 heteroatoms. The summed E-state index contributed by atoms with van der Waals surface area (Å²) in [6.07, 6.45) is 2.91. The number of carbonyl (C=O) groups excluding carboxylic acids is 1. The molecule has 0 aromatic carbocycles. The summed E-state index contributed by atoms with van der Waals surface area (Å²) < 4.78 is 0. The first-order chi connectivity index (χ1) is 6.86. The Kier molecular flexibility index (Phi) is 3.26. The SMILES string of the molecule is O=C(CC1CCNCC1)c1cscn1. The number of nitrogens with one attached hydrogen (secondary N) is 1. The zero-order valence-corrected chi connectivity index (χ0v) is 8.85. The smallest absolute Gasteiger partial charge is 0.182 e. The first kappa shape index (κ1) is 9.80. The van der Waals surface area contributed by atoms with Gasteiger partial charge in [-0.3, -0.25) is 4.79 Å². The van der Waals surface area contributed by atoms with Crippen LogP contribution in [0.5, 0.6) is 0 Å². The summed E-state index contributed by atoms with van der Waals surface area (Å²) in [7, 11) is 0. The van der Waals surface area contributed by atoms with Crippen molar-refractivity contribution in [3.63, 3.8) is 0 Å². The van der Waals surface area contributed by atoms with Crippen molar-refractivity contribution < 1.29 is 4.79 Å². The zero-order chi connectivity index (χ0) is 9.80. The monoisotopic (exact) mass is 210 g/mol. The number of hydrogen-bond donors (Lipinski definition) is 1.